The highest BCUT2D eigenvalue weighted by Gasteiger charge is 2.44. The summed E-state index contributed by atoms with van der Waals surface area (Å²) in [7, 11) is 0. The van der Waals surface area contributed by atoms with Gasteiger partial charge in [-0.1, -0.05) is 44.2 Å². The van der Waals surface area contributed by atoms with Gasteiger partial charge in [-0.25, -0.2) is 0 Å². The van der Waals surface area contributed by atoms with Crippen LogP contribution < -0.4 is 0 Å². The summed E-state index contributed by atoms with van der Waals surface area (Å²) in [6, 6.07) is 9.77. The summed E-state index contributed by atoms with van der Waals surface area (Å²) in [6.07, 6.45) is -3.11. The maximum Gasteiger partial charge on any atom is 0.163 e. The van der Waals surface area contributed by atoms with Crippen molar-refractivity contribution in [2.24, 2.45) is 0 Å². The van der Waals surface area contributed by atoms with Gasteiger partial charge in [0.25, 0.3) is 0 Å². The van der Waals surface area contributed by atoms with Gasteiger partial charge in [0, 0.05) is 0 Å². The molecule has 0 aliphatic carbocycles. The Bertz CT molecular complexity index is 528. The van der Waals surface area contributed by atoms with E-state index in [4.69, 9.17) is 14.2 Å². The van der Waals surface area contributed by atoms with E-state index in [0.29, 0.717) is 6.61 Å². The van der Waals surface area contributed by atoms with Crippen molar-refractivity contribution in [2.75, 3.05) is 18.1 Å². The number of hydrogen-bond acceptors (Lipinski definition) is 7. The second-order valence-electron chi connectivity index (χ2n) is 6.89. The molecule has 1 aliphatic heterocycles. The minimum Gasteiger partial charge on any atom is -0.388 e. The monoisotopic (exact) mass is 416 g/mol. The highest BCUT2D eigenvalue weighted by Crippen LogP contribution is 2.33. The third kappa shape index (κ3) is 6.92. The molecule has 27 heavy (non-hydrogen) atoms. The fraction of sp³-hybridized carbons (Fsp3) is 0.700. The highest BCUT2D eigenvalue weighted by atomic mass is 32.2. The molecule has 2 N–H and O–H groups in total. The van der Waals surface area contributed by atoms with E-state index in [1.807, 2.05) is 44.2 Å². The summed E-state index contributed by atoms with van der Waals surface area (Å²) in [5.41, 5.74) is 0.994. The molecular weight excluding hydrogens is 384 g/mol. The molecule has 1 aliphatic rings. The quantitative estimate of drug-likeness (QED) is 0.537. The van der Waals surface area contributed by atoms with Gasteiger partial charge in [-0.15, -0.1) is 23.5 Å². The lowest BCUT2D eigenvalue weighted by Gasteiger charge is -2.34. The summed E-state index contributed by atoms with van der Waals surface area (Å²) in [5.74, 6) is 1.02. The molecule has 4 atom stereocenters. The van der Waals surface area contributed by atoms with Crippen molar-refractivity contribution in [3.63, 3.8) is 0 Å². The second kappa shape index (κ2) is 11.0. The van der Waals surface area contributed by atoms with Crippen molar-refractivity contribution in [3.8, 4) is 0 Å². The van der Waals surface area contributed by atoms with Crippen LogP contribution >= 0.6 is 23.5 Å². The lowest BCUT2D eigenvalue weighted by molar-refractivity contribution is -0.177. The maximum atomic E-state index is 11.0. The molecule has 1 saturated heterocycles. The summed E-state index contributed by atoms with van der Waals surface area (Å²) >= 11 is 3.34. The van der Waals surface area contributed by atoms with E-state index in [2.05, 4.69) is 13.8 Å². The Morgan fingerprint density at radius 1 is 1.15 bits per heavy atom. The van der Waals surface area contributed by atoms with E-state index < -0.39 is 30.2 Å². The van der Waals surface area contributed by atoms with Crippen molar-refractivity contribution in [1.29, 1.82) is 0 Å². The Morgan fingerprint density at radius 3 is 2.30 bits per heavy atom. The van der Waals surface area contributed by atoms with Crippen molar-refractivity contribution < 1.29 is 24.4 Å². The molecule has 7 heteroatoms. The first-order valence-electron chi connectivity index (χ1n) is 9.44. The van der Waals surface area contributed by atoms with E-state index in [1.165, 1.54) is 0 Å². The predicted molar refractivity (Wildman–Crippen MR) is 112 cm³/mol. The highest BCUT2D eigenvalue weighted by molar-refractivity contribution is 8.17. The second-order valence-corrected chi connectivity index (χ2v) is 10.0. The smallest absolute Gasteiger partial charge is 0.163 e. The summed E-state index contributed by atoms with van der Waals surface area (Å²) in [6.45, 7) is 8.35. The predicted octanol–water partition coefficient (Wildman–Crippen LogP) is 3.28. The number of aliphatic hydroxyl groups excluding tert-OH is 2. The number of aliphatic hydroxyl groups is 2. The van der Waals surface area contributed by atoms with E-state index in [9.17, 15) is 10.2 Å². The molecule has 1 aromatic carbocycles. The van der Waals surface area contributed by atoms with Crippen LogP contribution in [-0.2, 0) is 20.8 Å². The van der Waals surface area contributed by atoms with Gasteiger partial charge < -0.3 is 24.4 Å². The molecule has 0 saturated carbocycles. The van der Waals surface area contributed by atoms with Crippen molar-refractivity contribution in [3.05, 3.63) is 35.9 Å². The molecule has 154 valence electrons. The minimum absolute atomic E-state index is 0.0780. The van der Waals surface area contributed by atoms with E-state index in [-0.39, 0.29) is 11.2 Å². The molecule has 0 aromatic heterocycles. The fourth-order valence-electron chi connectivity index (χ4n) is 2.99. The summed E-state index contributed by atoms with van der Waals surface area (Å²) in [4.78, 5) is 0. The molecule has 0 spiro atoms. The van der Waals surface area contributed by atoms with Crippen molar-refractivity contribution in [1.82, 2.24) is 0 Å². The normalized spacial score (nSPS) is 22.7. The molecule has 1 fully saturated rings. The molecule has 2 rings (SSSR count). The lowest BCUT2D eigenvalue weighted by Crippen LogP contribution is -2.50. The zero-order chi connectivity index (χ0) is 19.9. The zero-order valence-corrected chi connectivity index (χ0v) is 18.2. The third-order valence-electron chi connectivity index (χ3n) is 4.31. The van der Waals surface area contributed by atoms with Crippen molar-refractivity contribution in [2.45, 2.75) is 69.1 Å². The summed E-state index contributed by atoms with van der Waals surface area (Å²) < 4.78 is 17.4. The molecule has 1 unspecified atom stereocenters. The SMILES string of the molecule is CCSC(SCC)[C@H](O)[C@@H](OCc1ccccc1)C(O)[C@@H]1COC(C)(C)O1. The molecule has 1 aromatic rings. The molecule has 1 heterocycles. The first-order chi connectivity index (χ1) is 12.9. The van der Waals surface area contributed by atoms with Crippen LogP contribution in [0.15, 0.2) is 30.3 Å². The van der Waals surface area contributed by atoms with Gasteiger partial charge in [0.1, 0.15) is 24.4 Å². The van der Waals surface area contributed by atoms with Crippen LogP contribution in [0.4, 0.5) is 0 Å². The molecule has 5 nitrogen and oxygen atoms in total. The van der Waals surface area contributed by atoms with Crippen LogP contribution in [0.5, 0.6) is 0 Å². The first-order valence-corrected chi connectivity index (χ1v) is 11.5. The van der Waals surface area contributed by atoms with E-state index in [0.717, 1.165) is 17.1 Å². The maximum absolute atomic E-state index is 11.0. The third-order valence-corrected chi connectivity index (χ3v) is 7.01. The summed E-state index contributed by atoms with van der Waals surface area (Å²) in [5, 5.41) is 22.0. The molecule has 0 radical (unpaired) electrons. The number of rotatable bonds is 11. The van der Waals surface area contributed by atoms with E-state index in [1.54, 1.807) is 23.5 Å². The number of hydrogen-bond donors (Lipinski definition) is 2. The van der Waals surface area contributed by atoms with Gasteiger partial charge in [-0.05, 0) is 30.9 Å². The van der Waals surface area contributed by atoms with Gasteiger partial charge in [0.05, 0.1) is 17.8 Å². The number of thioether (sulfide) groups is 2. The standard InChI is InChI=1S/C20H32O5S2/c1-5-26-19(27-6-2)17(22)18(23-12-14-10-8-7-9-11-14)16(21)15-13-24-20(3,4)25-15/h7-11,15-19,21-22H,5-6,12-13H2,1-4H3/t15-,16?,17+,18-/m0/s1. The van der Waals surface area contributed by atoms with Gasteiger partial charge in [0.2, 0.25) is 0 Å². The van der Waals surface area contributed by atoms with Gasteiger partial charge in [0.15, 0.2) is 5.79 Å². The number of ether oxygens (including phenoxy) is 3. The Balaban J connectivity index is 2.13. The van der Waals surface area contributed by atoms with Crippen LogP contribution in [0, 0.1) is 0 Å². The molecular formula is C20H32O5S2. The van der Waals surface area contributed by atoms with E-state index >= 15 is 0 Å². The molecule has 0 bridgehead atoms. The Kier molecular flexibility index (Phi) is 9.41. The average molecular weight is 417 g/mol. The topological polar surface area (TPSA) is 68.2 Å². The van der Waals surface area contributed by atoms with Crippen LogP contribution in [0.1, 0.15) is 33.3 Å². The van der Waals surface area contributed by atoms with Crippen molar-refractivity contribution >= 4 is 23.5 Å². The Hall–Kier alpha value is -0.280. The zero-order valence-electron chi connectivity index (χ0n) is 16.5. The fourth-order valence-corrected chi connectivity index (χ4v) is 5.55. The van der Waals surface area contributed by atoms with Gasteiger partial charge in [-0.2, -0.15) is 0 Å². The average Bonchev–Trinajstić information content (AvgIpc) is 3.02. The minimum atomic E-state index is -0.983. The van der Waals surface area contributed by atoms with Gasteiger partial charge >= 0.3 is 0 Å². The van der Waals surface area contributed by atoms with Crippen LogP contribution in [0.2, 0.25) is 0 Å². The lowest BCUT2D eigenvalue weighted by atomic mass is 10.0. The van der Waals surface area contributed by atoms with Gasteiger partial charge in [-0.3, -0.25) is 0 Å². The van der Waals surface area contributed by atoms with Crippen LogP contribution in [0.25, 0.3) is 0 Å². The largest absolute Gasteiger partial charge is 0.388 e. The molecule has 0 amide bonds. The Morgan fingerprint density at radius 2 is 1.78 bits per heavy atom. The Labute approximate surface area is 171 Å². The first kappa shape index (κ1) is 23.0. The van der Waals surface area contributed by atoms with Crippen LogP contribution in [-0.4, -0.2) is 63.1 Å². The number of benzene rings is 1. The van der Waals surface area contributed by atoms with Crippen LogP contribution in [0.3, 0.4) is 0 Å².